The third kappa shape index (κ3) is 7.90. The maximum atomic E-state index is 12.4. The Morgan fingerprint density at radius 3 is 2.33 bits per heavy atom. The van der Waals surface area contributed by atoms with E-state index in [2.05, 4.69) is 21.2 Å². The van der Waals surface area contributed by atoms with Gasteiger partial charge in [-0.1, -0.05) is 20.8 Å². The maximum Gasteiger partial charge on any atom is 0.271 e. The Kier molecular flexibility index (Phi) is 8.34. The van der Waals surface area contributed by atoms with Crippen molar-refractivity contribution in [1.29, 1.82) is 0 Å². The van der Waals surface area contributed by atoms with Gasteiger partial charge in [0.25, 0.3) is 5.91 Å². The molecule has 0 aliphatic carbocycles. The number of nitrogens with one attached hydrogen (secondary N) is 3. The molecule has 2 aromatic rings. The summed E-state index contributed by atoms with van der Waals surface area (Å²) in [6.07, 6.45) is 4.09. The van der Waals surface area contributed by atoms with Crippen molar-refractivity contribution in [3.05, 3.63) is 54.4 Å². The maximum absolute atomic E-state index is 12.4. The molecule has 0 saturated heterocycles. The molecule has 0 radical (unpaired) electrons. The van der Waals surface area contributed by atoms with E-state index in [4.69, 9.17) is 4.74 Å². The molecule has 160 valence electrons. The van der Waals surface area contributed by atoms with Crippen LogP contribution in [-0.4, -0.2) is 29.3 Å². The first kappa shape index (κ1) is 22.9. The van der Waals surface area contributed by atoms with Gasteiger partial charge in [-0.25, -0.2) is 0 Å². The molecule has 0 aliphatic rings. The minimum Gasteiger partial charge on any atom is -0.494 e. The van der Waals surface area contributed by atoms with E-state index >= 15 is 0 Å². The molecule has 1 aromatic heterocycles. The molecule has 3 N–H and O–H groups in total. The van der Waals surface area contributed by atoms with Crippen molar-refractivity contribution in [3.63, 3.8) is 0 Å². The first-order valence-corrected chi connectivity index (χ1v) is 9.81. The third-order valence-corrected chi connectivity index (χ3v) is 4.13. The number of nitrogens with zero attached hydrogens (tertiary/aromatic N) is 1. The van der Waals surface area contributed by atoms with Crippen molar-refractivity contribution in [2.75, 3.05) is 11.9 Å². The Morgan fingerprint density at radius 1 is 1.00 bits per heavy atom. The Labute approximate surface area is 176 Å². The van der Waals surface area contributed by atoms with E-state index in [1.54, 1.807) is 42.6 Å². The van der Waals surface area contributed by atoms with Crippen molar-refractivity contribution in [3.8, 4) is 5.75 Å². The van der Waals surface area contributed by atoms with Crippen LogP contribution >= 0.6 is 0 Å². The molecule has 8 heteroatoms. The van der Waals surface area contributed by atoms with Gasteiger partial charge in [0, 0.05) is 30.9 Å². The average Bonchev–Trinajstić information content (AvgIpc) is 2.71. The summed E-state index contributed by atoms with van der Waals surface area (Å²) in [5.74, 6) is -0.296. The summed E-state index contributed by atoms with van der Waals surface area (Å²) in [5, 5.41) is 2.82. The fourth-order valence-corrected chi connectivity index (χ4v) is 2.73. The number of rotatable bonds is 9. The molecule has 0 fully saturated rings. The molecular weight excluding hydrogens is 384 g/mol. The molecule has 0 spiro atoms. The van der Waals surface area contributed by atoms with Gasteiger partial charge in [-0.15, -0.1) is 0 Å². The predicted octanol–water partition coefficient (Wildman–Crippen LogP) is 3.08. The third-order valence-electron chi connectivity index (χ3n) is 4.13. The lowest BCUT2D eigenvalue weighted by molar-refractivity contribution is -0.124. The van der Waals surface area contributed by atoms with Gasteiger partial charge in [0.05, 0.1) is 12.2 Å². The van der Waals surface area contributed by atoms with E-state index in [1.165, 1.54) is 6.20 Å². The number of hydrogen-bond donors (Lipinski definition) is 3. The average molecular weight is 412 g/mol. The highest BCUT2D eigenvalue weighted by molar-refractivity contribution is 5.95. The standard InChI is InChI=1S/C22H28N4O4/c1-4-12-30-18-9-7-17(8-10-18)24-19(27)13-22(2,3)14-20(28)25-26-21(29)16-6-5-11-23-15-16/h5-11,15H,4,12-14H2,1-3H3,(H,24,27)(H,25,28)(H,26,29). The Morgan fingerprint density at radius 2 is 1.70 bits per heavy atom. The fourth-order valence-electron chi connectivity index (χ4n) is 2.73. The van der Waals surface area contributed by atoms with Gasteiger partial charge in [-0.05, 0) is 48.2 Å². The van der Waals surface area contributed by atoms with Gasteiger partial charge in [0.1, 0.15) is 5.75 Å². The van der Waals surface area contributed by atoms with Crippen LogP contribution in [0.2, 0.25) is 0 Å². The molecule has 0 aliphatic heterocycles. The predicted molar refractivity (Wildman–Crippen MR) is 114 cm³/mol. The lowest BCUT2D eigenvalue weighted by Crippen LogP contribution is -2.43. The fraction of sp³-hybridized carbons (Fsp3) is 0.364. The van der Waals surface area contributed by atoms with Crippen LogP contribution in [0.25, 0.3) is 0 Å². The number of ether oxygens (including phenoxy) is 1. The zero-order chi connectivity index (χ0) is 22.0. The molecule has 1 aromatic carbocycles. The van der Waals surface area contributed by atoms with E-state index in [0.29, 0.717) is 17.9 Å². The van der Waals surface area contributed by atoms with Crippen molar-refractivity contribution in [2.24, 2.45) is 5.41 Å². The molecule has 3 amide bonds. The summed E-state index contributed by atoms with van der Waals surface area (Å²) in [4.78, 5) is 40.3. The van der Waals surface area contributed by atoms with Crippen LogP contribution in [0.5, 0.6) is 5.75 Å². The first-order chi connectivity index (χ1) is 14.3. The SMILES string of the molecule is CCCOc1ccc(NC(=O)CC(C)(C)CC(=O)NNC(=O)c2cccnc2)cc1. The number of aromatic nitrogens is 1. The molecule has 0 unspecified atom stereocenters. The number of carbonyl (C=O) groups is 3. The van der Waals surface area contributed by atoms with E-state index in [1.807, 2.05) is 20.8 Å². The van der Waals surface area contributed by atoms with Crippen LogP contribution in [0.4, 0.5) is 5.69 Å². The van der Waals surface area contributed by atoms with Gasteiger partial charge in [0.2, 0.25) is 11.8 Å². The highest BCUT2D eigenvalue weighted by Crippen LogP contribution is 2.26. The molecule has 8 nitrogen and oxygen atoms in total. The van der Waals surface area contributed by atoms with Crippen LogP contribution in [-0.2, 0) is 9.59 Å². The largest absolute Gasteiger partial charge is 0.494 e. The topological polar surface area (TPSA) is 109 Å². The summed E-state index contributed by atoms with van der Waals surface area (Å²) >= 11 is 0. The van der Waals surface area contributed by atoms with Crippen LogP contribution in [0.15, 0.2) is 48.8 Å². The van der Waals surface area contributed by atoms with Gasteiger partial charge < -0.3 is 10.1 Å². The molecule has 2 rings (SSSR count). The molecule has 30 heavy (non-hydrogen) atoms. The number of anilines is 1. The van der Waals surface area contributed by atoms with Crippen LogP contribution in [0.1, 0.15) is 50.4 Å². The molecule has 0 bridgehead atoms. The van der Waals surface area contributed by atoms with Gasteiger partial charge >= 0.3 is 0 Å². The number of benzene rings is 1. The second-order valence-electron chi connectivity index (χ2n) is 7.68. The van der Waals surface area contributed by atoms with Crippen LogP contribution in [0.3, 0.4) is 0 Å². The highest BCUT2D eigenvalue weighted by Gasteiger charge is 2.25. The van der Waals surface area contributed by atoms with E-state index in [0.717, 1.165) is 12.2 Å². The summed E-state index contributed by atoms with van der Waals surface area (Å²) in [6, 6.07) is 10.4. The quantitative estimate of drug-likeness (QED) is 0.549. The Balaban J connectivity index is 1.78. The van der Waals surface area contributed by atoms with Gasteiger partial charge in [-0.2, -0.15) is 0 Å². The van der Waals surface area contributed by atoms with Crippen molar-refractivity contribution in [2.45, 2.75) is 40.0 Å². The minimum absolute atomic E-state index is 0.0670. The second-order valence-corrected chi connectivity index (χ2v) is 7.68. The van der Waals surface area contributed by atoms with Crippen LogP contribution in [0, 0.1) is 5.41 Å². The van der Waals surface area contributed by atoms with E-state index in [-0.39, 0.29) is 24.7 Å². The Bertz CT molecular complexity index is 851. The summed E-state index contributed by atoms with van der Waals surface area (Å²) in [7, 11) is 0. The number of pyridine rings is 1. The zero-order valence-electron chi connectivity index (χ0n) is 17.5. The smallest absolute Gasteiger partial charge is 0.271 e. The number of amides is 3. The normalized spacial score (nSPS) is 10.8. The second kappa shape index (κ2) is 10.9. The lowest BCUT2D eigenvalue weighted by Gasteiger charge is -2.23. The summed E-state index contributed by atoms with van der Waals surface area (Å²) in [6.45, 7) is 6.31. The van der Waals surface area contributed by atoms with Gasteiger partial charge in [0.15, 0.2) is 0 Å². The van der Waals surface area contributed by atoms with Crippen molar-refractivity contribution in [1.82, 2.24) is 15.8 Å². The minimum atomic E-state index is -0.600. The number of carbonyl (C=O) groups excluding carboxylic acids is 3. The highest BCUT2D eigenvalue weighted by atomic mass is 16.5. The molecular formula is C22H28N4O4. The number of hydrogen-bond acceptors (Lipinski definition) is 5. The first-order valence-electron chi connectivity index (χ1n) is 9.81. The lowest BCUT2D eigenvalue weighted by atomic mass is 9.85. The zero-order valence-corrected chi connectivity index (χ0v) is 17.5. The van der Waals surface area contributed by atoms with Crippen molar-refractivity contribution < 1.29 is 19.1 Å². The van der Waals surface area contributed by atoms with E-state index in [9.17, 15) is 14.4 Å². The molecule has 0 saturated carbocycles. The molecule has 0 atom stereocenters. The van der Waals surface area contributed by atoms with Crippen molar-refractivity contribution >= 4 is 23.4 Å². The van der Waals surface area contributed by atoms with Crippen LogP contribution < -0.4 is 20.9 Å². The van der Waals surface area contributed by atoms with Gasteiger partial charge in [-0.3, -0.25) is 30.2 Å². The monoisotopic (exact) mass is 412 g/mol. The summed E-state index contributed by atoms with van der Waals surface area (Å²) in [5.41, 5.74) is 5.11. The summed E-state index contributed by atoms with van der Waals surface area (Å²) < 4.78 is 5.52. The Hall–Kier alpha value is -3.42. The number of hydrazine groups is 1. The van der Waals surface area contributed by atoms with E-state index < -0.39 is 11.3 Å². The molecule has 1 heterocycles.